The first-order chi connectivity index (χ1) is 25.8. The second-order valence-corrected chi connectivity index (χ2v) is 13.3. The average Bonchev–Trinajstić information content (AvgIpc) is 3.60. The molecule has 0 bridgehead atoms. The molecule has 0 radical (unpaired) electrons. The fraction of sp³-hybridized carbons (Fsp3) is 0. The lowest BCUT2D eigenvalue weighted by Gasteiger charge is -2.29. The molecule has 0 spiro atoms. The van der Waals surface area contributed by atoms with Crippen molar-refractivity contribution >= 4 is 60.5 Å². The molecule has 0 atom stereocenters. The van der Waals surface area contributed by atoms with Gasteiger partial charge in [-0.05, 0) is 80.2 Å². The van der Waals surface area contributed by atoms with Gasteiger partial charge in [-0.1, -0.05) is 164 Å². The minimum atomic E-state index is 0.906. The quantitative estimate of drug-likeness (QED) is 0.176. The first-order valence-corrected chi connectivity index (χ1v) is 17.8. The van der Waals surface area contributed by atoms with Crippen molar-refractivity contribution in [2.45, 2.75) is 0 Å². The molecule has 0 fully saturated rings. The largest absolute Gasteiger partial charge is 0.455 e. The second kappa shape index (κ2) is 12.5. The highest BCUT2D eigenvalue weighted by Crippen LogP contribution is 2.45. The van der Waals surface area contributed by atoms with Crippen LogP contribution in [0.2, 0.25) is 0 Å². The molecule has 9 aromatic carbocycles. The first kappa shape index (κ1) is 30.0. The summed E-state index contributed by atoms with van der Waals surface area (Å²) >= 11 is 0. The topological polar surface area (TPSA) is 16.4 Å². The van der Waals surface area contributed by atoms with Crippen LogP contribution in [0.15, 0.2) is 205 Å². The smallest absolute Gasteiger partial charge is 0.143 e. The van der Waals surface area contributed by atoms with Crippen LogP contribution < -0.4 is 4.90 Å². The van der Waals surface area contributed by atoms with Crippen LogP contribution in [0.25, 0.3) is 76.9 Å². The number of rotatable bonds is 6. The maximum atomic E-state index is 6.43. The van der Waals surface area contributed by atoms with Gasteiger partial charge in [-0.25, -0.2) is 0 Å². The van der Waals surface area contributed by atoms with E-state index in [4.69, 9.17) is 4.42 Å². The first-order valence-electron chi connectivity index (χ1n) is 17.8. The average molecular weight is 664 g/mol. The van der Waals surface area contributed by atoms with Crippen LogP contribution in [-0.4, -0.2) is 0 Å². The zero-order valence-corrected chi connectivity index (χ0v) is 28.4. The molecule has 2 nitrogen and oxygen atoms in total. The summed E-state index contributed by atoms with van der Waals surface area (Å²) in [5.74, 6) is 0. The van der Waals surface area contributed by atoms with Crippen LogP contribution in [0.3, 0.4) is 0 Å². The van der Waals surface area contributed by atoms with E-state index < -0.39 is 0 Å². The van der Waals surface area contributed by atoms with Crippen molar-refractivity contribution < 1.29 is 4.42 Å². The molecule has 52 heavy (non-hydrogen) atoms. The standard InChI is InChI=1S/C50H33NO/c1-3-19-40-34(13-1)15-10-23-42(40)37-17-9-18-39(33-37)51(48-27-7-5-21-45(48)44-25-11-16-35-14-2-4-20-41(35)44)38-31-29-36(30-32-38)43-24-12-26-47-46-22-6-8-28-49(46)52-50(43)47/h1-33H. The minimum absolute atomic E-state index is 0.906. The molecule has 10 aromatic rings. The Hall–Kier alpha value is -6.90. The normalized spacial score (nSPS) is 11.5. The van der Waals surface area contributed by atoms with Crippen molar-refractivity contribution in [1.29, 1.82) is 0 Å². The number of furan rings is 1. The number of hydrogen-bond donors (Lipinski definition) is 0. The van der Waals surface area contributed by atoms with E-state index in [0.29, 0.717) is 0 Å². The van der Waals surface area contributed by atoms with E-state index in [9.17, 15) is 0 Å². The number of benzene rings is 9. The third-order valence-electron chi connectivity index (χ3n) is 10.3. The number of fused-ring (bicyclic) bond motifs is 5. The van der Waals surface area contributed by atoms with Crippen LogP contribution in [0.4, 0.5) is 17.1 Å². The van der Waals surface area contributed by atoms with Gasteiger partial charge in [0.25, 0.3) is 0 Å². The van der Waals surface area contributed by atoms with Crippen LogP contribution >= 0.6 is 0 Å². The van der Waals surface area contributed by atoms with E-state index in [1.807, 2.05) is 12.1 Å². The maximum absolute atomic E-state index is 6.43. The Balaban J connectivity index is 1.16. The van der Waals surface area contributed by atoms with Gasteiger partial charge < -0.3 is 9.32 Å². The Morgan fingerprint density at radius 2 is 0.885 bits per heavy atom. The highest BCUT2D eigenvalue weighted by Gasteiger charge is 2.20. The summed E-state index contributed by atoms with van der Waals surface area (Å²) in [6, 6.07) is 71.7. The summed E-state index contributed by atoms with van der Waals surface area (Å²) in [4.78, 5) is 2.40. The summed E-state index contributed by atoms with van der Waals surface area (Å²) in [5, 5.41) is 7.21. The molecular weight excluding hydrogens is 631 g/mol. The summed E-state index contributed by atoms with van der Waals surface area (Å²) in [5.41, 5.74) is 12.1. The van der Waals surface area contributed by atoms with Gasteiger partial charge in [0.15, 0.2) is 0 Å². The third kappa shape index (κ3) is 5.04. The predicted octanol–water partition coefficient (Wildman–Crippen LogP) is 14.4. The Morgan fingerprint density at radius 3 is 1.69 bits per heavy atom. The van der Waals surface area contributed by atoms with Crippen molar-refractivity contribution in [3.05, 3.63) is 200 Å². The summed E-state index contributed by atoms with van der Waals surface area (Å²) < 4.78 is 6.43. The van der Waals surface area contributed by atoms with Gasteiger partial charge in [-0.3, -0.25) is 0 Å². The number of anilines is 3. The predicted molar refractivity (Wildman–Crippen MR) is 220 cm³/mol. The molecule has 244 valence electrons. The van der Waals surface area contributed by atoms with Gasteiger partial charge in [-0.2, -0.15) is 0 Å². The van der Waals surface area contributed by atoms with E-state index in [0.717, 1.165) is 50.1 Å². The zero-order chi connectivity index (χ0) is 34.4. The molecule has 0 N–H and O–H groups in total. The van der Waals surface area contributed by atoms with Crippen LogP contribution in [0.1, 0.15) is 0 Å². The number of para-hydroxylation sites is 3. The van der Waals surface area contributed by atoms with E-state index >= 15 is 0 Å². The fourth-order valence-corrected chi connectivity index (χ4v) is 7.84. The third-order valence-corrected chi connectivity index (χ3v) is 10.3. The molecule has 0 saturated carbocycles. The molecule has 0 amide bonds. The Kier molecular flexibility index (Phi) is 7.18. The molecule has 2 heteroatoms. The van der Waals surface area contributed by atoms with Gasteiger partial charge in [0.1, 0.15) is 11.2 Å². The fourth-order valence-electron chi connectivity index (χ4n) is 7.84. The monoisotopic (exact) mass is 663 g/mol. The molecule has 10 rings (SSSR count). The molecule has 1 heterocycles. The molecule has 1 aromatic heterocycles. The minimum Gasteiger partial charge on any atom is -0.455 e. The van der Waals surface area contributed by atoms with Gasteiger partial charge in [0.05, 0.1) is 5.69 Å². The highest BCUT2D eigenvalue weighted by atomic mass is 16.3. The van der Waals surface area contributed by atoms with Crippen LogP contribution in [0, 0.1) is 0 Å². The van der Waals surface area contributed by atoms with Crippen LogP contribution in [0.5, 0.6) is 0 Å². The SMILES string of the molecule is c1cc(-c2cccc3ccccc23)cc(N(c2ccc(-c3cccc4c3oc3ccccc34)cc2)c2ccccc2-c2cccc3ccccc23)c1. The van der Waals surface area contributed by atoms with Crippen LogP contribution in [-0.2, 0) is 0 Å². The van der Waals surface area contributed by atoms with Crippen molar-refractivity contribution in [2.75, 3.05) is 4.90 Å². The van der Waals surface area contributed by atoms with E-state index in [2.05, 4.69) is 193 Å². The highest BCUT2D eigenvalue weighted by molar-refractivity contribution is 6.09. The van der Waals surface area contributed by atoms with Crippen molar-refractivity contribution in [3.63, 3.8) is 0 Å². The van der Waals surface area contributed by atoms with E-state index in [-0.39, 0.29) is 0 Å². The van der Waals surface area contributed by atoms with Gasteiger partial charge in [0, 0.05) is 33.3 Å². The number of hydrogen-bond acceptors (Lipinski definition) is 2. The molecule has 0 aliphatic heterocycles. The summed E-state index contributed by atoms with van der Waals surface area (Å²) in [7, 11) is 0. The Morgan fingerprint density at radius 1 is 0.327 bits per heavy atom. The lowest BCUT2D eigenvalue weighted by molar-refractivity contribution is 0.670. The van der Waals surface area contributed by atoms with Crippen molar-refractivity contribution in [3.8, 4) is 33.4 Å². The van der Waals surface area contributed by atoms with Crippen molar-refractivity contribution in [2.24, 2.45) is 0 Å². The molecular formula is C50H33NO. The van der Waals surface area contributed by atoms with Gasteiger partial charge >= 0.3 is 0 Å². The molecule has 0 aliphatic carbocycles. The Labute approximate surface area is 302 Å². The zero-order valence-electron chi connectivity index (χ0n) is 28.4. The van der Waals surface area contributed by atoms with E-state index in [1.54, 1.807) is 0 Å². The second-order valence-electron chi connectivity index (χ2n) is 13.3. The van der Waals surface area contributed by atoms with Gasteiger partial charge in [0.2, 0.25) is 0 Å². The molecule has 0 unspecified atom stereocenters. The molecule has 0 saturated heterocycles. The maximum Gasteiger partial charge on any atom is 0.143 e. The number of nitrogens with zero attached hydrogens (tertiary/aromatic N) is 1. The lowest BCUT2D eigenvalue weighted by atomic mass is 9.95. The van der Waals surface area contributed by atoms with E-state index in [1.165, 1.54) is 43.8 Å². The lowest BCUT2D eigenvalue weighted by Crippen LogP contribution is -2.11. The summed E-state index contributed by atoms with van der Waals surface area (Å²) in [6.45, 7) is 0. The summed E-state index contributed by atoms with van der Waals surface area (Å²) in [6.07, 6.45) is 0. The van der Waals surface area contributed by atoms with Crippen molar-refractivity contribution in [1.82, 2.24) is 0 Å². The Bertz CT molecular complexity index is 2910. The van der Waals surface area contributed by atoms with Gasteiger partial charge in [-0.15, -0.1) is 0 Å². The molecule has 0 aliphatic rings.